The average molecular weight is 313 g/mol. The Kier molecular flexibility index (Phi) is 6.20. The highest BCUT2D eigenvalue weighted by Gasteiger charge is 2.06. The first kappa shape index (κ1) is 17.1. The number of benzene rings is 1. The van der Waals surface area contributed by atoms with E-state index >= 15 is 0 Å². The molecule has 23 heavy (non-hydrogen) atoms. The Morgan fingerprint density at radius 1 is 1.26 bits per heavy atom. The van der Waals surface area contributed by atoms with Crippen molar-refractivity contribution in [3.63, 3.8) is 0 Å². The Labute approximate surface area is 139 Å². The molecule has 124 valence electrons. The van der Waals surface area contributed by atoms with Gasteiger partial charge in [0.15, 0.2) is 5.96 Å². The van der Waals surface area contributed by atoms with E-state index < -0.39 is 0 Å². The van der Waals surface area contributed by atoms with Crippen LogP contribution in [-0.2, 0) is 20.0 Å². The second-order valence-electron chi connectivity index (χ2n) is 5.94. The summed E-state index contributed by atoms with van der Waals surface area (Å²) >= 11 is 0. The number of nitrogens with zero attached hydrogens (tertiary/aromatic N) is 4. The number of aromatic nitrogens is 2. The average Bonchev–Trinajstić information content (AvgIpc) is 2.95. The minimum atomic E-state index is 0.850. The van der Waals surface area contributed by atoms with E-state index in [1.807, 2.05) is 25.0 Å². The maximum Gasteiger partial charge on any atom is 0.193 e. The van der Waals surface area contributed by atoms with Crippen molar-refractivity contribution in [3.8, 4) is 0 Å². The number of aryl methyl sites for hydroxylation is 3. The number of aliphatic imine (C=N–C) groups is 1. The number of hydrogen-bond donors (Lipinski definition) is 1. The van der Waals surface area contributed by atoms with Crippen LogP contribution in [0.2, 0.25) is 0 Å². The molecule has 0 spiro atoms. The Balaban J connectivity index is 1.76. The van der Waals surface area contributed by atoms with Crippen LogP contribution in [0, 0.1) is 6.92 Å². The quantitative estimate of drug-likeness (QED) is 0.506. The molecular weight excluding hydrogens is 286 g/mol. The molecule has 1 aromatic carbocycles. The third-order valence-corrected chi connectivity index (χ3v) is 3.80. The van der Waals surface area contributed by atoms with Crippen molar-refractivity contribution in [2.75, 3.05) is 20.6 Å². The van der Waals surface area contributed by atoms with Gasteiger partial charge in [0.1, 0.15) is 0 Å². The van der Waals surface area contributed by atoms with Gasteiger partial charge < -0.3 is 10.2 Å². The topological polar surface area (TPSA) is 45.5 Å². The molecule has 0 atom stereocenters. The lowest BCUT2D eigenvalue weighted by atomic mass is 10.1. The van der Waals surface area contributed by atoms with Crippen molar-refractivity contribution < 1.29 is 0 Å². The number of nitrogens with one attached hydrogen (secondary N) is 1. The molecule has 1 heterocycles. The maximum absolute atomic E-state index is 4.37. The van der Waals surface area contributed by atoms with Crippen LogP contribution < -0.4 is 5.32 Å². The first-order valence-corrected chi connectivity index (χ1v) is 8.03. The van der Waals surface area contributed by atoms with Gasteiger partial charge in [0, 0.05) is 40.4 Å². The van der Waals surface area contributed by atoms with E-state index in [1.165, 1.54) is 16.7 Å². The van der Waals surface area contributed by atoms with E-state index in [-0.39, 0.29) is 0 Å². The summed E-state index contributed by atoms with van der Waals surface area (Å²) in [4.78, 5) is 6.51. The van der Waals surface area contributed by atoms with E-state index in [0.717, 1.165) is 31.9 Å². The summed E-state index contributed by atoms with van der Waals surface area (Å²) in [6, 6.07) is 8.63. The fraction of sp³-hybridized carbons (Fsp3) is 0.444. The second-order valence-corrected chi connectivity index (χ2v) is 5.94. The molecule has 2 rings (SSSR count). The molecule has 0 aliphatic carbocycles. The van der Waals surface area contributed by atoms with E-state index in [1.54, 1.807) is 0 Å². The Morgan fingerprint density at radius 2 is 2.00 bits per heavy atom. The maximum atomic E-state index is 4.37. The fourth-order valence-corrected chi connectivity index (χ4v) is 2.52. The third kappa shape index (κ3) is 5.43. The van der Waals surface area contributed by atoms with Crippen LogP contribution in [0.5, 0.6) is 0 Å². The van der Waals surface area contributed by atoms with Gasteiger partial charge in [-0.05, 0) is 30.9 Å². The molecule has 1 aromatic heterocycles. The monoisotopic (exact) mass is 313 g/mol. The molecule has 5 heteroatoms. The van der Waals surface area contributed by atoms with Crippen LogP contribution in [0.3, 0.4) is 0 Å². The van der Waals surface area contributed by atoms with Gasteiger partial charge in [-0.1, -0.05) is 29.8 Å². The van der Waals surface area contributed by atoms with Crippen molar-refractivity contribution in [1.29, 1.82) is 0 Å². The molecule has 2 aromatic rings. The summed E-state index contributed by atoms with van der Waals surface area (Å²) < 4.78 is 1.84. The Hall–Kier alpha value is -2.30. The van der Waals surface area contributed by atoms with Gasteiger partial charge in [0.05, 0.1) is 6.20 Å². The zero-order chi connectivity index (χ0) is 16.7. The molecule has 1 N–H and O–H groups in total. The van der Waals surface area contributed by atoms with Crippen LogP contribution >= 0.6 is 0 Å². The van der Waals surface area contributed by atoms with Gasteiger partial charge in [0.25, 0.3) is 0 Å². The summed E-state index contributed by atoms with van der Waals surface area (Å²) in [7, 11) is 5.84. The normalized spacial score (nSPS) is 11.6. The molecule has 5 nitrogen and oxygen atoms in total. The van der Waals surface area contributed by atoms with Crippen molar-refractivity contribution >= 4 is 5.96 Å². The lowest BCUT2D eigenvalue weighted by molar-refractivity contribution is 0.476. The Morgan fingerprint density at radius 3 is 2.61 bits per heavy atom. The van der Waals surface area contributed by atoms with Crippen molar-refractivity contribution in [1.82, 2.24) is 20.0 Å². The third-order valence-electron chi connectivity index (χ3n) is 3.80. The second kappa shape index (κ2) is 8.36. The van der Waals surface area contributed by atoms with Gasteiger partial charge >= 0.3 is 0 Å². The lowest BCUT2D eigenvalue weighted by Crippen LogP contribution is -2.39. The minimum Gasteiger partial charge on any atom is -0.356 e. The minimum absolute atomic E-state index is 0.850. The summed E-state index contributed by atoms with van der Waals surface area (Å²) in [6.45, 7) is 3.86. The first-order chi connectivity index (χ1) is 11.1. The zero-order valence-electron chi connectivity index (χ0n) is 14.6. The van der Waals surface area contributed by atoms with Gasteiger partial charge in [-0.3, -0.25) is 9.67 Å². The molecule has 0 amide bonds. The first-order valence-electron chi connectivity index (χ1n) is 8.03. The van der Waals surface area contributed by atoms with Crippen LogP contribution in [0.1, 0.15) is 23.1 Å². The Bertz CT molecular complexity index is 627. The van der Waals surface area contributed by atoms with Gasteiger partial charge in [-0.2, -0.15) is 5.10 Å². The number of hydrogen-bond acceptors (Lipinski definition) is 2. The molecule has 0 radical (unpaired) electrons. The predicted octanol–water partition coefficient (Wildman–Crippen LogP) is 2.37. The smallest absolute Gasteiger partial charge is 0.193 e. The predicted molar refractivity (Wildman–Crippen MR) is 95.5 cm³/mol. The molecule has 0 unspecified atom stereocenters. The molecule has 0 bridgehead atoms. The molecule has 0 aliphatic rings. The fourth-order valence-electron chi connectivity index (χ4n) is 2.52. The lowest BCUT2D eigenvalue weighted by Gasteiger charge is -2.22. The SMILES string of the molecule is CN=C(NCCCc1cnn(C)c1)N(C)Cc1ccc(C)cc1. The molecule has 0 saturated heterocycles. The highest BCUT2D eigenvalue weighted by atomic mass is 15.3. The summed E-state index contributed by atoms with van der Waals surface area (Å²) in [5, 5.41) is 7.62. The molecule has 0 aliphatic heterocycles. The molecular formula is C18H27N5. The standard InChI is InChI=1S/C18H27N5/c1-15-7-9-16(10-8-15)13-22(3)18(19-2)20-11-5-6-17-12-21-23(4)14-17/h7-10,12,14H,5-6,11,13H2,1-4H3,(H,19,20). The highest BCUT2D eigenvalue weighted by molar-refractivity contribution is 5.79. The van der Waals surface area contributed by atoms with E-state index in [2.05, 4.69) is 64.7 Å². The van der Waals surface area contributed by atoms with Crippen LogP contribution in [0.25, 0.3) is 0 Å². The van der Waals surface area contributed by atoms with Gasteiger partial charge in [-0.25, -0.2) is 0 Å². The molecule has 0 saturated carbocycles. The van der Waals surface area contributed by atoms with Gasteiger partial charge in [-0.15, -0.1) is 0 Å². The van der Waals surface area contributed by atoms with E-state index in [9.17, 15) is 0 Å². The summed E-state index contributed by atoms with van der Waals surface area (Å²) in [5.41, 5.74) is 3.85. The van der Waals surface area contributed by atoms with Crippen LogP contribution in [0.4, 0.5) is 0 Å². The zero-order valence-corrected chi connectivity index (χ0v) is 14.6. The summed E-state index contributed by atoms with van der Waals surface area (Å²) in [6.07, 6.45) is 6.08. The molecule has 0 fully saturated rings. The largest absolute Gasteiger partial charge is 0.356 e. The van der Waals surface area contributed by atoms with Crippen LogP contribution in [0.15, 0.2) is 41.7 Å². The van der Waals surface area contributed by atoms with Crippen molar-refractivity contribution in [2.24, 2.45) is 12.0 Å². The van der Waals surface area contributed by atoms with Gasteiger partial charge in [0.2, 0.25) is 0 Å². The van der Waals surface area contributed by atoms with Crippen molar-refractivity contribution in [3.05, 3.63) is 53.3 Å². The number of guanidine groups is 1. The highest BCUT2D eigenvalue weighted by Crippen LogP contribution is 2.06. The van der Waals surface area contributed by atoms with Crippen LogP contribution in [-0.4, -0.2) is 41.3 Å². The summed E-state index contributed by atoms with van der Waals surface area (Å²) in [5.74, 6) is 0.928. The van der Waals surface area contributed by atoms with E-state index in [0.29, 0.717) is 0 Å². The number of rotatable bonds is 6. The van der Waals surface area contributed by atoms with E-state index in [4.69, 9.17) is 0 Å². The van der Waals surface area contributed by atoms with Crippen molar-refractivity contribution in [2.45, 2.75) is 26.3 Å².